The second-order valence-electron chi connectivity index (χ2n) is 5.32. The van der Waals surface area contributed by atoms with Crippen molar-refractivity contribution in [3.63, 3.8) is 0 Å². The van der Waals surface area contributed by atoms with Crippen LogP contribution in [-0.4, -0.2) is 0 Å². The zero-order chi connectivity index (χ0) is 9.10. The van der Waals surface area contributed by atoms with Crippen LogP contribution < -0.4 is 0 Å². The minimum Gasteiger partial charge on any atom is -0.0622 e. The molecule has 2 aliphatic rings. The summed E-state index contributed by atoms with van der Waals surface area (Å²) in [6, 6.07) is 0. The molecule has 0 aromatic rings. The minimum absolute atomic E-state index is 1.04. The molecule has 0 spiro atoms. The van der Waals surface area contributed by atoms with E-state index in [0.717, 1.165) is 17.8 Å². The molecule has 0 heteroatoms. The average Bonchev–Trinajstić information content (AvgIpc) is 2.20. The lowest BCUT2D eigenvalue weighted by Crippen LogP contribution is -2.26. The fourth-order valence-electron chi connectivity index (χ4n) is 3.61. The summed E-state index contributed by atoms with van der Waals surface area (Å²) in [5.74, 6) is 3.26. The standard InChI is InChI=1S/C13H24/c1-11-7-5-6-10-13(11)12-8-3-2-4-9-12/h11-13H,2-10H2,1H3/t11-,13-/m0/s1. The van der Waals surface area contributed by atoms with Crippen molar-refractivity contribution in [2.45, 2.75) is 64.7 Å². The van der Waals surface area contributed by atoms with Gasteiger partial charge in [-0.1, -0.05) is 58.3 Å². The molecular weight excluding hydrogens is 156 g/mol. The van der Waals surface area contributed by atoms with Gasteiger partial charge in [-0.2, -0.15) is 0 Å². The van der Waals surface area contributed by atoms with E-state index in [9.17, 15) is 0 Å². The van der Waals surface area contributed by atoms with Gasteiger partial charge in [0.2, 0.25) is 0 Å². The van der Waals surface area contributed by atoms with E-state index in [1.807, 2.05) is 0 Å². The Kier molecular flexibility index (Phi) is 3.29. The second kappa shape index (κ2) is 4.48. The normalized spacial score (nSPS) is 37.6. The van der Waals surface area contributed by atoms with E-state index in [1.54, 1.807) is 19.3 Å². The summed E-state index contributed by atoms with van der Waals surface area (Å²) in [7, 11) is 0. The Balaban J connectivity index is 1.88. The molecule has 0 amide bonds. The molecule has 76 valence electrons. The van der Waals surface area contributed by atoms with Gasteiger partial charge in [-0.25, -0.2) is 0 Å². The van der Waals surface area contributed by atoms with E-state index in [2.05, 4.69) is 6.92 Å². The third-order valence-corrected chi connectivity index (χ3v) is 4.43. The molecule has 0 bridgehead atoms. The van der Waals surface area contributed by atoms with Gasteiger partial charge in [0.1, 0.15) is 0 Å². The average molecular weight is 180 g/mol. The van der Waals surface area contributed by atoms with E-state index in [0.29, 0.717) is 0 Å². The maximum Gasteiger partial charge on any atom is -0.0360 e. The zero-order valence-electron chi connectivity index (χ0n) is 9.10. The summed E-state index contributed by atoms with van der Waals surface area (Å²) in [5.41, 5.74) is 0. The van der Waals surface area contributed by atoms with Crippen LogP contribution in [0.15, 0.2) is 0 Å². The molecule has 0 aromatic heterocycles. The smallest absolute Gasteiger partial charge is 0.0360 e. The van der Waals surface area contributed by atoms with Crippen molar-refractivity contribution in [3.8, 4) is 0 Å². The second-order valence-corrected chi connectivity index (χ2v) is 5.32. The lowest BCUT2D eigenvalue weighted by atomic mass is 9.69. The third kappa shape index (κ3) is 2.27. The van der Waals surface area contributed by atoms with Crippen LogP contribution in [0.4, 0.5) is 0 Å². The maximum atomic E-state index is 2.50. The molecule has 0 radical (unpaired) electrons. The first-order valence-electron chi connectivity index (χ1n) is 6.38. The zero-order valence-corrected chi connectivity index (χ0v) is 9.10. The maximum absolute atomic E-state index is 2.50. The van der Waals surface area contributed by atoms with Crippen LogP contribution in [0, 0.1) is 17.8 Å². The van der Waals surface area contributed by atoms with Crippen molar-refractivity contribution in [1.29, 1.82) is 0 Å². The van der Waals surface area contributed by atoms with Gasteiger partial charge < -0.3 is 0 Å². The fraction of sp³-hybridized carbons (Fsp3) is 1.00. The Labute approximate surface area is 83.1 Å². The first-order chi connectivity index (χ1) is 6.38. The Bertz CT molecular complexity index is 144. The highest BCUT2D eigenvalue weighted by molar-refractivity contribution is 4.80. The number of rotatable bonds is 1. The van der Waals surface area contributed by atoms with Crippen molar-refractivity contribution in [3.05, 3.63) is 0 Å². The largest absolute Gasteiger partial charge is 0.0622 e. The van der Waals surface area contributed by atoms with Crippen LogP contribution in [0.2, 0.25) is 0 Å². The Hall–Kier alpha value is 0. The van der Waals surface area contributed by atoms with Crippen LogP contribution >= 0.6 is 0 Å². The van der Waals surface area contributed by atoms with Crippen molar-refractivity contribution in [2.75, 3.05) is 0 Å². The van der Waals surface area contributed by atoms with Gasteiger partial charge >= 0.3 is 0 Å². The van der Waals surface area contributed by atoms with Crippen LogP contribution in [-0.2, 0) is 0 Å². The predicted octanol–water partition coefficient (Wildman–Crippen LogP) is 4.39. The van der Waals surface area contributed by atoms with Crippen molar-refractivity contribution in [2.24, 2.45) is 17.8 Å². The SMILES string of the molecule is C[C@H]1CCCC[C@@H]1C1CCCCC1. The first-order valence-corrected chi connectivity index (χ1v) is 6.38. The molecule has 0 unspecified atom stereocenters. The molecular formula is C13H24. The molecule has 2 fully saturated rings. The van der Waals surface area contributed by atoms with Crippen molar-refractivity contribution in [1.82, 2.24) is 0 Å². The van der Waals surface area contributed by atoms with Gasteiger partial charge in [-0.15, -0.1) is 0 Å². The van der Waals surface area contributed by atoms with Gasteiger partial charge in [-0.05, 0) is 24.2 Å². The molecule has 0 saturated heterocycles. The topological polar surface area (TPSA) is 0 Å². The summed E-state index contributed by atoms with van der Waals surface area (Å²) in [4.78, 5) is 0. The highest BCUT2D eigenvalue weighted by Gasteiger charge is 2.29. The Morgan fingerprint density at radius 1 is 0.692 bits per heavy atom. The van der Waals surface area contributed by atoms with E-state index in [1.165, 1.54) is 38.5 Å². The minimum atomic E-state index is 1.04. The first kappa shape index (κ1) is 9.55. The van der Waals surface area contributed by atoms with E-state index in [4.69, 9.17) is 0 Å². The Morgan fingerprint density at radius 3 is 2.00 bits per heavy atom. The van der Waals surface area contributed by atoms with Crippen molar-refractivity contribution >= 4 is 0 Å². The molecule has 2 rings (SSSR count). The summed E-state index contributed by atoms with van der Waals surface area (Å²) in [5, 5.41) is 0. The molecule has 2 saturated carbocycles. The van der Waals surface area contributed by atoms with Gasteiger partial charge in [0.05, 0.1) is 0 Å². The van der Waals surface area contributed by atoms with Crippen LogP contribution in [0.25, 0.3) is 0 Å². The van der Waals surface area contributed by atoms with Crippen LogP contribution in [0.5, 0.6) is 0 Å². The molecule has 0 aromatic carbocycles. The summed E-state index contributed by atoms with van der Waals surface area (Å²) in [6.45, 7) is 2.50. The summed E-state index contributed by atoms with van der Waals surface area (Å²) >= 11 is 0. The van der Waals surface area contributed by atoms with E-state index < -0.39 is 0 Å². The Morgan fingerprint density at radius 2 is 1.31 bits per heavy atom. The molecule has 0 heterocycles. The number of hydrogen-bond acceptors (Lipinski definition) is 0. The van der Waals surface area contributed by atoms with E-state index >= 15 is 0 Å². The molecule has 0 N–H and O–H groups in total. The number of hydrogen-bond donors (Lipinski definition) is 0. The molecule has 0 nitrogen and oxygen atoms in total. The monoisotopic (exact) mass is 180 g/mol. The lowest BCUT2D eigenvalue weighted by Gasteiger charge is -2.37. The van der Waals surface area contributed by atoms with Gasteiger partial charge in [0, 0.05) is 0 Å². The van der Waals surface area contributed by atoms with Gasteiger partial charge in [-0.3, -0.25) is 0 Å². The molecule has 0 aliphatic heterocycles. The molecule has 13 heavy (non-hydrogen) atoms. The highest BCUT2D eigenvalue weighted by atomic mass is 14.3. The third-order valence-electron chi connectivity index (χ3n) is 4.43. The summed E-state index contributed by atoms with van der Waals surface area (Å²) in [6.07, 6.45) is 13.7. The van der Waals surface area contributed by atoms with Gasteiger partial charge in [0.25, 0.3) is 0 Å². The molecule has 2 aliphatic carbocycles. The highest BCUT2D eigenvalue weighted by Crippen LogP contribution is 2.41. The quantitative estimate of drug-likeness (QED) is 0.561. The van der Waals surface area contributed by atoms with Crippen LogP contribution in [0.1, 0.15) is 64.7 Å². The van der Waals surface area contributed by atoms with Gasteiger partial charge in [0.15, 0.2) is 0 Å². The van der Waals surface area contributed by atoms with Crippen molar-refractivity contribution < 1.29 is 0 Å². The predicted molar refractivity (Wildman–Crippen MR) is 57.7 cm³/mol. The summed E-state index contributed by atoms with van der Waals surface area (Å²) < 4.78 is 0. The fourth-order valence-corrected chi connectivity index (χ4v) is 3.61. The molecule has 2 atom stereocenters. The van der Waals surface area contributed by atoms with Crippen LogP contribution in [0.3, 0.4) is 0 Å². The van der Waals surface area contributed by atoms with E-state index in [-0.39, 0.29) is 0 Å². The lowest BCUT2D eigenvalue weighted by molar-refractivity contribution is 0.140.